The number of rotatable bonds is 8. The summed E-state index contributed by atoms with van der Waals surface area (Å²) < 4.78 is 11.2. The highest BCUT2D eigenvalue weighted by Crippen LogP contribution is 2.33. The van der Waals surface area contributed by atoms with Crippen molar-refractivity contribution in [2.24, 2.45) is 0 Å². The highest BCUT2D eigenvalue weighted by atomic mass is 35.5. The average Bonchev–Trinajstić information content (AvgIpc) is 3.21. The summed E-state index contributed by atoms with van der Waals surface area (Å²) in [5, 5.41) is 3.43. The first-order valence-corrected chi connectivity index (χ1v) is 14.1. The Bertz CT molecular complexity index is 1460. The summed E-state index contributed by atoms with van der Waals surface area (Å²) in [6.07, 6.45) is 1.62. The number of carbonyl (C=O) groups is 3. The highest BCUT2D eigenvalue weighted by Gasteiger charge is 2.36. The Morgan fingerprint density at radius 1 is 1.02 bits per heavy atom. The lowest BCUT2D eigenvalue weighted by molar-refractivity contribution is -0.127. The summed E-state index contributed by atoms with van der Waals surface area (Å²) in [5.74, 6) is -0.346. The van der Waals surface area contributed by atoms with Crippen molar-refractivity contribution >= 4 is 69.5 Å². The molecule has 0 aliphatic carbocycles. The Morgan fingerprint density at radius 2 is 1.77 bits per heavy atom. The quantitative estimate of drug-likeness (QED) is 0.315. The first kappa shape index (κ1) is 28.0. The van der Waals surface area contributed by atoms with Crippen LogP contribution in [0.25, 0.3) is 6.08 Å². The maximum atomic E-state index is 13.0. The number of nitrogens with one attached hydrogen (secondary N) is 1. The lowest BCUT2D eigenvalue weighted by Gasteiger charge is -2.30. The van der Waals surface area contributed by atoms with Gasteiger partial charge < -0.3 is 19.7 Å². The fourth-order valence-corrected chi connectivity index (χ4v) is 5.54. The van der Waals surface area contributed by atoms with Crippen LogP contribution in [0.3, 0.4) is 0 Å². The SMILES string of the molecule is O=C(CN1C(=O)S/C(=C/c2ccc(OCc3ccc(Cl)cc3Cl)cc2)C1=O)Nc1ccccc1N1CCOCC1. The Hall–Kier alpha value is -3.50. The maximum absolute atomic E-state index is 13.0. The van der Waals surface area contributed by atoms with E-state index in [2.05, 4.69) is 10.2 Å². The monoisotopic (exact) mass is 597 g/mol. The van der Waals surface area contributed by atoms with Crippen LogP contribution in [-0.2, 0) is 20.9 Å². The zero-order valence-corrected chi connectivity index (χ0v) is 23.6. The number of morpholine rings is 1. The molecule has 2 saturated heterocycles. The molecule has 0 aromatic heterocycles. The molecule has 0 saturated carbocycles. The Kier molecular flexibility index (Phi) is 8.96. The predicted molar refractivity (Wildman–Crippen MR) is 158 cm³/mol. The number of para-hydroxylation sites is 2. The molecule has 2 heterocycles. The number of imide groups is 1. The molecule has 0 bridgehead atoms. The van der Waals surface area contributed by atoms with E-state index >= 15 is 0 Å². The molecule has 0 spiro atoms. The normalized spacial score (nSPS) is 16.5. The fourth-order valence-electron chi connectivity index (χ4n) is 4.24. The van der Waals surface area contributed by atoms with Crippen molar-refractivity contribution in [1.29, 1.82) is 0 Å². The zero-order chi connectivity index (χ0) is 28.1. The first-order valence-electron chi connectivity index (χ1n) is 12.5. The van der Waals surface area contributed by atoms with Gasteiger partial charge in [0.25, 0.3) is 11.1 Å². The van der Waals surface area contributed by atoms with Gasteiger partial charge in [0.1, 0.15) is 18.9 Å². The van der Waals surface area contributed by atoms with Crippen LogP contribution in [0.4, 0.5) is 16.2 Å². The molecule has 3 aromatic carbocycles. The average molecular weight is 599 g/mol. The molecule has 0 atom stereocenters. The van der Waals surface area contributed by atoms with Crippen molar-refractivity contribution in [2.45, 2.75) is 6.61 Å². The van der Waals surface area contributed by atoms with E-state index in [1.165, 1.54) is 0 Å². The number of halogens is 2. The molecular weight excluding hydrogens is 573 g/mol. The summed E-state index contributed by atoms with van der Waals surface area (Å²) >= 11 is 12.9. The van der Waals surface area contributed by atoms with Gasteiger partial charge in [0.15, 0.2) is 0 Å². The molecule has 40 heavy (non-hydrogen) atoms. The number of nitrogens with zero attached hydrogens (tertiary/aromatic N) is 2. The highest BCUT2D eigenvalue weighted by molar-refractivity contribution is 8.18. The standard InChI is InChI=1S/C29H25Cl2N3O5S/c30-21-8-7-20(23(31)16-21)18-39-22-9-5-19(6-10-22)15-26-28(36)34(29(37)40-26)17-27(35)32-24-3-1-2-4-25(24)33-11-13-38-14-12-33/h1-10,15-16H,11-14,17-18H2,(H,32,35)/b26-15+. The molecule has 5 rings (SSSR count). The van der Waals surface area contributed by atoms with Crippen molar-refractivity contribution in [3.63, 3.8) is 0 Å². The van der Waals surface area contributed by atoms with Gasteiger partial charge in [-0.1, -0.05) is 53.5 Å². The van der Waals surface area contributed by atoms with E-state index in [1.807, 2.05) is 18.2 Å². The molecule has 8 nitrogen and oxygen atoms in total. The number of thioether (sulfide) groups is 1. The third-order valence-corrected chi connectivity index (χ3v) is 7.79. The second kappa shape index (κ2) is 12.8. The van der Waals surface area contributed by atoms with Crippen molar-refractivity contribution in [1.82, 2.24) is 4.90 Å². The number of hydrogen-bond donors (Lipinski definition) is 1. The molecular formula is C29H25Cl2N3O5S. The second-order valence-corrected chi connectivity index (χ2v) is 10.9. The fraction of sp³-hybridized carbons (Fsp3) is 0.207. The van der Waals surface area contributed by atoms with Crippen molar-refractivity contribution in [3.05, 3.63) is 92.8 Å². The van der Waals surface area contributed by atoms with Crippen LogP contribution in [0.15, 0.2) is 71.6 Å². The molecule has 2 fully saturated rings. The van der Waals surface area contributed by atoms with Gasteiger partial charge in [0.2, 0.25) is 5.91 Å². The summed E-state index contributed by atoms with van der Waals surface area (Å²) in [6.45, 7) is 2.54. The van der Waals surface area contributed by atoms with Crippen molar-refractivity contribution < 1.29 is 23.9 Å². The van der Waals surface area contributed by atoms with Gasteiger partial charge in [0.05, 0.1) is 29.5 Å². The lowest BCUT2D eigenvalue weighted by atomic mass is 10.2. The van der Waals surface area contributed by atoms with Gasteiger partial charge in [-0.3, -0.25) is 19.3 Å². The van der Waals surface area contributed by atoms with Gasteiger partial charge in [-0.25, -0.2) is 0 Å². The number of carbonyl (C=O) groups excluding carboxylic acids is 3. The minimum atomic E-state index is -0.510. The smallest absolute Gasteiger partial charge is 0.294 e. The molecule has 2 aliphatic heterocycles. The van der Waals surface area contributed by atoms with E-state index in [0.29, 0.717) is 53.3 Å². The Balaban J connectivity index is 1.19. The van der Waals surface area contributed by atoms with Gasteiger partial charge in [-0.2, -0.15) is 0 Å². The molecule has 11 heteroatoms. The first-order chi connectivity index (χ1) is 19.4. The molecule has 1 N–H and O–H groups in total. The van der Waals surface area contributed by atoms with Crippen molar-refractivity contribution in [2.75, 3.05) is 43.1 Å². The van der Waals surface area contributed by atoms with E-state index in [4.69, 9.17) is 32.7 Å². The lowest BCUT2D eigenvalue weighted by Crippen LogP contribution is -2.38. The molecule has 3 aromatic rings. The van der Waals surface area contributed by atoms with E-state index in [-0.39, 0.29) is 18.1 Å². The van der Waals surface area contributed by atoms with Gasteiger partial charge in [-0.05, 0) is 59.8 Å². The molecule has 206 valence electrons. The van der Waals surface area contributed by atoms with Crippen molar-refractivity contribution in [3.8, 4) is 5.75 Å². The van der Waals surface area contributed by atoms with Crippen LogP contribution in [-0.4, -0.2) is 54.8 Å². The summed E-state index contributed by atoms with van der Waals surface area (Å²) in [4.78, 5) is 41.7. The number of anilines is 2. The van der Waals surface area contributed by atoms with Crippen LogP contribution in [0.1, 0.15) is 11.1 Å². The minimum absolute atomic E-state index is 0.244. The zero-order valence-electron chi connectivity index (χ0n) is 21.3. The topological polar surface area (TPSA) is 88.2 Å². The molecule has 0 radical (unpaired) electrons. The van der Waals surface area contributed by atoms with Crippen LogP contribution >= 0.6 is 35.0 Å². The van der Waals surface area contributed by atoms with Gasteiger partial charge in [0, 0.05) is 28.7 Å². The summed E-state index contributed by atoms with van der Waals surface area (Å²) in [7, 11) is 0. The van der Waals surface area contributed by atoms with E-state index in [1.54, 1.807) is 54.6 Å². The van der Waals surface area contributed by atoms with Crippen LogP contribution in [0.5, 0.6) is 5.75 Å². The van der Waals surface area contributed by atoms with E-state index in [0.717, 1.165) is 27.9 Å². The minimum Gasteiger partial charge on any atom is -0.489 e. The molecule has 3 amide bonds. The predicted octanol–water partition coefficient (Wildman–Crippen LogP) is 6.08. The Morgan fingerprint density at radius 3 is 2.52 bits per heavy atom. The third kappa shape index (κ3) is 6.79. The Labute approximate surface area is 245 Å². The summed E-state index contributed by atoms with van der Waals surface area (Å²) in [6, 6.07) is 19.7. The molecule has 0 unspecified atom stereocenters. The number of hydrogen-bond acceptors (Lipinski definition) is 7. The number of benzene rings is 3. The van der Waals surface area contributed by atoms with Crippen LogP contribution in [0, 0.1) is 0 Å². The maximum Gasteiger partial charge on any atom is 0.294 e. The summed E-state index contributed by atoms with van der Waals surface area (Å²) in [5.41, 5.74) is 3.01. The number of amides is 3. The van der Waals surface area contributed by atoms with Gasteiger partial charge in [-0.15, -0.1) is 0 Å². The van der Waals surface area contributed by atoms with E-state index < -0.39 is 17.1 Å². The van der Waals surface area contributed by atoms with E-state index in [9.17, 15) is 14.4 Å². The van der Waals surface area contributed by atoms with Crippen LogP contribution in [0.2, 0.25) is 10.0 Å². The largest absolute Gasteiger partial charge is 0.489 e. The number of ether oxygens (including phenoxy) is 2. The van der Waals surface area contributed by atoms with Crippen LogP contribution < -0.4 is 15.0 Å². The second-order valence-electron chi connectivity index (χ2n) is 9.03. The third-order valence-electron chi connectivity index (χ3n) is 6.29. The van der Waals surface area contributed by atoms with Gasteiger partial charge >= 0.3 is 0 Å². The molecule has 2 aliphatic rings.